The number of halogens is 2. The van der Waals surface area contributed by atoms with Crippen LogP contribution in [-0.2, 0) is 0 Å². The molecule has 0 heterocycles. The second-order valence-corrected chi connectivity index (χ2v) is 5.23. The number of rotatable bonds is 5. The number of benzene rings is 2. The minimum atomic E-state index is 0.387. The van der Waals surface area contributed by atoms with Gasteiger partial charge in [0.25, 0.3) is 0 Å². The maximum atomic E-state index is 8.77. The highest BCUT2D eigenvalue weighted by Crippen LogP contribution is 2.22. The summed E-state index contributed by atoms with van der Waals surface area (Å²) in [6, 6.07) is 14.6. The van der Waals surface area contributed by atoms with E-state index in [0.717, 1.165) is 10.2 Å². The second kappa shape index (κ2) is 7.18. The summed E-state index contributed by atoms with van der Waals surface area (Å²) in [5.41, 5.74) is 0.435. The van der Waals surface area contributed by atoms with E-state index in [2.05, 4.69) is 15.9 Å². The van der Waals surface area contributed by atoms with Crippen LogP contribution in [0.1, 0.15) is 5.56 Å². The summed E-state index contributed by atoms with van der Waals surface area (Å²) in [6.45, 7) is 0.822. The molecule has 5 heteroatoms. The van der Waals surface area contributed by atoms with Gasteiger partial charge in [-0.25, -0.2) is 0 Å². The molecule has 0 unspecified atom stereocenters. The Bertz CT molecular complexity index is 640. The van der Waals surface area contributed by atoms with Crippen LogP contribution in [0, 0.1) is 11.3 Å². The monoisotopic (exact) mass is 351 g/mol. The van der Waals surface area contributed by atoms with Crippen LogP contribution in [0.25, 0.3) is 0 Å². The SMILES string of the molecule is N#Cc1ccc(OCCOc2cccc(Br)c2)cc1Cl. The van der Waals surface area contributed by atoms with Crippen molar-refractivity contribution in [3.8, 4) is 17.6 Å². The van der Waals surface area contributed by atoms with Crippen LogP contribution in [0.2, 0.25) is 5.02 Å². The van der Waals surface area contributed by atoms with E-state index in [1.54, 1.807) is 18.2 Å². The summed E-state index contributed by atoms with van der Waals surface area (Å²) in [6.07, 6.45) is 0. The molecule has 2 aromatic rings. The van der Waals surface area contributed by atoms with Crippen LogP contribution in [0.15, 0.2) is 46.9 Å². The average Bonchev–Trinajstić information content (AvgIpc) is 2.44. The van der Waals surface area contributed by atoms with Crippen LogP contribution in [0.3, 0.4) is 0 Å². The molecule has 0 spiro atoms. The maximum absolute atomic E-state index is 8.77. The van der Waals surface area contributed by atoms with Crippen molar-refractivity contribution in [2.45, 2.75) is 0 Å². The van der Waals surface area contributed by atoms with Crippen molar-refractivity contribution in [3.05, 3.63) is 57.5 Å². The molecule has 0 bridgehead atoms. The largest absolute Gasteiger partial charge is 0.490 e. The molecule has 2 rings (SSSR count). The molecular formula is C15H11BrClNO2. The molecule has 3 nitrogen and oxygen atoms in total. The van der Waals surface area contributed by atoms with E-state index in [0.29, 0.717) is 29.5 Å². The van der Waals surface area contributed by atoms with E-state index < -0.39 is 0 Å². The minimum Gasteiger partial charge on any atom is -0.490 e. The van der Waals surface area contributed by atoms with Gasteiger partial charge in [-0.1, -0.05) is 33.6 Å². The predicted octanol–water partition coefficient (Wildman–Crippen LogP) is 4.43. The first-order valence-corrected chi connectivity index (χ1v) is 7.07. The Kier molecular flexibility index (Phi) is 5.28. The zero-order chi connectivity index (χ0) is 14.4. The first-order valence-electron chi connectivity index (χ1n) is 5.90. The Morgan fingerprint density at radius 2 is 1.75 bits per heavy atom. The molecule has 0 saturated carbocycles. The topological polar surface area (TPSA) is 42.2 Å². The fourth-order valence-electron chi connectivity index (χ4n) is 1.55. The summed E-state index contributed by atoms with van der Waals surface area (Å²) in [7, 11) is 0. The molecule has 102 valence electrons. The normalized spacial score (nSPS) is 9.85. The van der Waals surface area contributed by atoms with Crippen molar-refractivity contribution in [1.82, 2.24) is 0 Å². The van der Waals surface area contributed by atoms with Gasteiger partial charge in [0, 0.05) is 10.5 Å². The van der Waals surface area contributed by atoms with Crippen molar-refractivity contribution in [1.29, 1.82) is 5.26 Å². The molecule has 0 fully saturated rings. The van der Waals surface area contributed by atoms with Crippen LogP contribution in [0.4, 0.5) is 0 Å². The summed E-state index contributed by atoms with van der Waals surface area (Å²) in [4.78, 5) is 0. The molecular weight excluding hydrogens is 342 g/mol. The molecule has 2 aromatic carbocycles. The lowest BCUT2D eigenvalue weighted by Gasteiger charge is -2.09. The molecule has 0 radical (unpaired) electrons. The number of nitriles is 1. The van der Waals surface area contributed by atoms with Crippen molar-refractivity contribution in [3.63, 3.8) is 0 Å². The molecule has 0 amide bonds. The Hall–Kier alpha value is -1.70. The van der Waals surface area contributed by atoms with Gasteiger partial charge in [-0.15, -0.1) is 0 Å². The molecule has 0 aromatic heterocycles. The fraction of sp³-hybridized carbons (Fsp3) is 0.133. The highest BCUT2D eigenvalue weighted by Gasteiger charge is 2.02. The van der Waals surface area contributed by atoms with Gasteiger partial charge < -0.3 is 9.47 Å². The minimum absolute atomic E-state index is 0.387. The van der Waals surface area contributed by atoms with E-state index in [1.165, 1.54) is 0 Å². The van der Waals surface area contributed by atoms with Crippen molar-refractivity contribution in [2.75, 3.05) is 13.2 Å². The smallest absolute Gasteiger partial charge is 0.122 e. The number of hydrogen-bond acceptors (Lipinski definition) is 3. The Morgan fingerprint density at radius 1 is 1.05 bits per heavy atom. The predicted molar refractivity (Wildman–Crippen MR) is 81.3 cm³/mol. The zero-order valence-electron chi connectivity index (χ0n) is 10.5. The van der Waals surface area contributed by atoms with E-state index >= 15 is 0 Å². The second-order valence-electron chi connectivity index (χ2n) is 3.91. The Morgan fingerprint density at radius 3 is 2.35 bits per heavy atom. The average molecular weight is 353 g/mol. The van der Waals surface area contributed by atoms with E-state index in [4.69, 9.17) is 26.3 Å². The van der Waals surface area contributed by atoms with Crippen LogP contribution >= 0.6 is 27.5 Å². The quantitative estimate of drug-likeness (QED) is 0.747. The summed E-state index contributed by atoms with van der Waals surface area (Å²) < 4.78 is 12.0. The lowest BCUT2D eigenvalue weighted by atomic mass is 10.2. The molecule has 0 aliphatic carbocycles. The number of nitrogens with zero attached hydrogens (tertiary/aromatic N) is 1. The summed E-state index contributed by atoms with van der Waals surface area (Å²) >= 11 is 9.29. The van der Waals surface area contributed by atoms with Gasteiger partial charge in [0.2, 0.25) is 0 Å². The third-order valence-electron chi connectivity index (χ3n) is 2.48. The molecule has 0 aliphatic rings. The van der Waals surface area contributed by atoms with E-state index in [1.807, 2.05) is 30.3 Å². The standard InChI is InChI=1S/C15H11BrClNO2/c16-12-2-1-3-13(8-12)19-6-7-20-14-5-4-11(10-18)15(17)9-14/h1-5,8-9H,6-7H2. The lowest BCUT2D eigenvalue weighted by molar-refractivity contribution is 0.217. The van der Waals surface area contributed by atoms with Crippen molar-refractivity contribution >= 4 is 27.5 Å². The van der Waals surface area contributed by atoms with Gasteiger partial charge in [0.05, 0.1) is 10.6 Å². The maximum Gasteiger partial charge on any atom is 0.122 e. The van der Waals surface area contributed by atoms with Gasteiger partial charge >= 0.3 is 0 Å². The van der Waals surface area contributed by atoms with Crippen molar-refractivity contribution in [2.24, 2.45) is 0 Å². The fourth-order valence-corrected chi connectivity index (χ4v) is 2.14. The van der Waals surface area contributed by atoms with Gasteiger partial charge in [-0.05, 0) is 30.3 Å². The highest BCUT2D eigenvalue weighted by molar-refractivity contribution is 9.10. The molecule has 0 atom stereocenters. The third kappa shape index (κ3) is 4.16. The molecule has 0 aliphatic heterocycles. The molecule has 20 heavy (non-hydrogen) atoms. The molecule has 0 N–H and O–H groups in total. The van der Waals surface area contributed by atoms with Crippen molar-refractivity contribution < 1.29 is 9.47 Å². The zero-order valence-corrected chi connectivity index (χ0v) is 12.8. The van der Waals surface area contributed by atoms with Gasteiger partial charge in [0.1, 0.15) is 30.8 Å². The van der Waals surface area contributed by atoms with Gasteiger partial charge in [-0.3, -0.25) is 0 Å². The Balaban J connectivity index is 1.82. The number of ether oxygens (including phenoxy) is 2. The van der Waals surface area contributed by atoms with Gasteiger partial charge in [0.15, 0.2) is 0 Å². The van der Waals surface area contributed by atoms with Crippen LogP contribution < -0.4 is 9.47 Å². The first-order chi connectivity index (χ1) is 9.69. The van der Waals surface area contributed by atoms with Crippen LogP contribution in [-0.4, -0.2) is 13.2 Å². The molecule has 0 saturated heterocycles. The summed E-state index contributed by atoms with van der Waals surface area (Å²) in [5, 5.41) is 9.16. The summed E-state index contributed by atoms with van der Waals surface area (Å²) in [5.74, 6) is 1.40. The number of hydrogen-bond donors (Lipinski definition) is 0. The Labute approximate surface area is 130 Å². The van der Waals surface area contributed by atoms with Crippen LogP contribution in [0.5, 0.6) is 11.5 Å². The van der Waals surface area contributed by atoms with E-state index in [-0.39, 0.29) is 0 Å². The van der Waals surface area contributed by atoms with E-state index in [9.17, 15) is 0 Å². The lowest BCUT2D eigenvalue weighted by Crippen LogP contribution is -2.09. The first kappa shape index (κ1) is 14.7. The highest BCUT2D eigenvalue weighted by atomic mass is 79.9. The third-order valence-corrected chi connectivity index (χ3v) is 3.28. The van der Waals surface area contributed by atoms with Gasteiger partial charge in [-0.2, -0.15) is 5.26 Å².